The molecule has 1 N–H and O–H groups in total. The first kappa shape index (κ1) is 18.5. The van der Waals surface area contributed by atoms with Crippen molar-refractivity contribution in [2.75, 3.05) is 11.1 Å². The number of aryl methyl sites for hydroxylation is 3. The van der Waals surface area contributed by atoms with Crippen molar-refractivity contribution in [2.24, 2.45) is 0 Å². The van der Waals surface area contributed by atoms with E-state index in [1.807, 2.05) is 19.9 Å². The number of hydrogen-bond donors (Lipinski definition) is 1. The largest absolute Gasteiger partial charge is 0.309 e. The molecule has 2 aromatic heterocycles. The Bertz CT molecular complexity index is 1080. The lowest BCUT2D eigenvalue weighted by Gasteiger charge is -2.16. The van der Waals surface area contributed by atoms with E-state index in [0.717, 1.165) is 17.5 Å². The minimum absolute atomic E-state index is 0.0996. The topological polar surface area (TPSA) is 72.7 Å². The Hall–Kier alpha value is -2.81. The van der Waals surface area contributed by atoms with E-state index in [9.17, 15) is 13.6 Å². The Balaban J connectivity index is 1.94. The van der Waals surface area contributed by atoms with Crippen molar-refractivity contribution < 1.29 is 13.6 Å². The molecule has 6 nitrogen and oxygen atoms in total. The number of rotatable bonds is 2. The van der Waals surface area contributed by atoms with Gasteiger partial charge >= 0.3 is 0 Å². The Labute approximate surface area is 164 Å². The number of aromatic nitrogens is 4. The molecular formula is C19H17F2N5OS. The van der Waals surface area contributed by atoms with Gasteiger partial charge in [0, 0.05) is 22.5 Å². The van der Waals surface area contributed by atoms with Gasteiger partial charge < -0.3 is 5.32 Å². The standard InChI is InChI=1S/C19H17F2N5OS/c1-9-7-10(2)23-19(22-9)26-18-15(11(3)25-26)17(28-8-14(27)24-18)12-5-4-6-13(20)16(12)21/h4-7,17H,8H2,1-3H3,(H,24,27)/t17-/m1/s1. The van der Waals surface area contributed by atoms with Gasteiger partial charge in [0.25, 0.3) is 5.95 Å². The highest BCUT2D eigenvalue weighted by Crippen LogP contribution is 2.44. The van der Waals surface area contributed by atoms with Gasteiger partial charge in [0.1, 0.15) is 5.82 Å². The van der Waals surface area contributed by atoms with E-state index in [1.165, 1.54) is 28.6 Å². The van der Waals surface area contributed by atoms with Crippen molar-refractivity contribution in [3.63, 3.8) is 0 Å². The van der Waals surface area contributed by atoms with Crippen LogP contribution in [0, 0.1) is 32.4 Å². The van der Waals surface area contributed by atoms with Crippen molar-refractivity contribution in [1.82, 2.24) is 19.7 Å². The van der Waals surface area contributed by atoms with E-state index in [0.29, 0.717) is 23.0 Å². The van der Waals surface area contributed by atoms with E-state index >= 15 is 0 Å². The maximum atomic E-state index is 14.5. The molecule has 1 aliphatic heterocycles. The van der Waals surface area contributed by atoms with Crippen LogP contribution in [0.4, 0.5) is 14.6 Å². The molecule has 0 saturated carbocycles. The zero-order valence-corrected chi connectivity index (χ0v) is 16.3. The highest BCUT2D eigenvalue weighted by molar-refractivity contribution is 8.00. The lowest BCUT2D eigenvalue weighted by atomic mass is 10.0. The van der Waals surface area contributed by atoms with Crippen LogP contribution < -0.4 is 5.32 Å². The molecule has 1 amide bonds. The molecule has 3 aromatic rings. The molecule has 0 radical (unpaired) electrons. The zero-order valence-electron chi connectivity index (χ0n) is 15.5. The maximum absolute atomic E-state index is 14.5. The van der Waals surface area contributed by atoms with E-state index in [1.54, 1.807) is 6.92 Å². The fraction of sp³-hybridized carbons (Fsp3) is 0.263. The summed E-state index contributed by atoms with van der Waals surface area (Å²) in [7, 11) is 0. The number of benzene rings is 1. The van der Waals surface area contributed by atoms with Gasteiger partial charge in [-0.05, 0) is 32.9 Å². The number of carbonyl (C=O) groups is 1. The number of nitrogens with zero attached hydrogens (tertiary/aromatic N) is 4. The van der Waals surface area contributed by atoms with E-state index < -0.39 is 16.9 Å². The summed E-state index contributed by atoms with van der Waals surface area (Å²) in [5.74, 6) is -1.31. The molecule has 3 heterocycles. The normalized spacial score (nSPS) is 16.5. The van der Waals surface area contributed by atoms with Crippen LogP contribution >= 0.6 is 11.8 Å². The average molecular weight is 401 g/mol. The first-order valence-corrected chi connectivity index (χ1v) is 9.67. The predicted octanol–water partition coefficient (Wildman–Crippen LogP) is 3.64. The second-order valence-electron chi connectivity index (χ2n) is 6.59. The fourth-order valence-electron chi connectivity index (χ4n) is 3.30. The maximum Gasteiger partial charge on any atom is 0.252 e. The molecule has 9 heteroatoms. The Kier molecular flexibility index (Phi) is 4.62. The number of anilines is 1. The Morgan fingerprint density at radius 1 is 1.18 bits per heavy atom. The van der Waals surface area contributed by atoms with Crippen molar-refractivity contribution in [3.8, 4) is 5.95 Å². The number of thioether (sulfide) groups is 1. The van der Waals surface area contributed by atoms with Crippen LogP contribution in [0.15, 0.2) is 24.3 Å². The number of halogens is 2. The van der Waals surface area contributed by atoms with Crippen LogP contribution in [-0.4, -0.2) is 31.4 Å². The molecule has 28 heavy (non-hydrogen) atoms. The van der Waals surface area contributed by atoms with Gasteiger partial charge in [-0.1, -0.05) is 12.1 Å². The van der Waals surface area contributed by atoms with Crippen LogP contribution in [0.1, 0.15) is 33.5 Å². The highest BCUT2D eigenvalue weighted by atomic mass is 32.2. The summed E-state index contributed by atoms with van der Waals surface area (Å²) in [6.45, 7) is 5.44. The SMILES string of the molecule is Cc1cc(C)nc(-n2nc(C)c3c2NC(=O)CS[C@@H]3c2cccc(F)c2F)n1. The van der Waals surface area contributed by atoms with Gasteiger partial charge in [0.15, 0.2) is 11.6 Å². The molecule has 0 saturated heterocycles. The molecule has 4 rings (SSSR count). The Morgan fingerprint density at radius 2 is 1.89 bits per heavy atom. The molecule has 1 aromatic carbocycles. The van der Waals surface area contributed by atoms with Gasteiger partial charge in [-0.3, -0.25) is 4.79 Å². The number of nitrogens with one attached hydrogen (secondary N) is 1. The third kappa shape index (κ3) is 3.15. The van der Waals surface area contributed by atoms with Crippen LogP contribution in [-0.2, 0) is 4.79 Å². The third-order valence-corrected chi connectivity index (χ3v) is 5.68. The lowest BCUT2D eigenvalue weighted by Crippen LogP contribution is -2.17. The first-order chi connectivity index (χ1) is 13.3. The van der Waals surface area contributed by atoms with Gasteiger partial charge in [-0.2, -0.15) is 9.78 Å². The molecule has 1 aliphatic rings. The van der Waals surface area contributed by atoms with Gasteiger partial charge in [-0.15, -0.1) is 11.8 Å². The summed E-state index contributed by atoms with van der Waals surface area (Å²) in [6.07, 6.45) is 0. The number of carbonyl (C=O) groups excluding carboxylic acids is 1. The minimum atomic E-state index is -0.925. The quantitative estimate of drug-likeness (QED) is 0.710. The smallest absolute Gasteiger partial charge is 0.252 e. The predicted molar refractivity (Wildman–Crippen MR) is 103 cm³/mol. The molecule has 0 bridgehead atoms. The third-order valence-electron chi connectivity index (χ3n) is 4.43. The molecule has 144 valence electrons. The van der Waals surface area contributed by atoms with E-state index in [-0.39, 0.29) is 17.2 Å². The average Bonchev–Trinajstić information content (AvgIpc) is 2.83. The van der Waals surface area contributed by atoms with Crippen molar-refractivity contribution in [2.45, 2.75) is 26.0 Å². The monoisotopic (exact) mass is 401 g/mol. The zero-order chi connectivity index (χ0) is 20.0. The number of hydrogen-bond acceptors (Lipinski definition) is 5. The van der Waals surface area contributed by atoms with Crippen molar-refractivity contribution in [1.29, 1.82) is 0 Å². The van der Waals surface area contributed by atoms with E-state index in [4.69, 9.17) is 0 Å². The summed E-state index contributed by atoms with van der Waals surface area (Å²) in [5.41, 5.74) is 2.88. The molecular weight excluding hydrogens is 384 g/mol. The van der Waals surface area contributed by atoms with Crippen molar-refractivity contribution >= 4 is 23.5 Å². The van der Waals surface area contributed by atoms with Crippen LogP contribution in [0.3, 0.4) is 0 Å². The van der Waals surface area contributed by atoms with Gasteiger partial charge in [-0.25, -0.2) is 18.7 Å². The second kappa shape index (κ2) is 6.97. The Morgan fingerprint density at radius 3 is 2.61 bits per heavy atom. The fourth-order valence-corrected chi connectivity index (χ4v) is 4.50. The highest BCUT2D eigenvalue weighted by Gasteiger charge is 2.33. The molecule has 0 aliphatic carbocycles. The summed E-state index contributed by atoms with van der Waals surface area (Å²) >= 11 is 1.23. The van der Waals surface area contributed by atoms with Crippen LogP contribution in [0.2, 0.25) is 0 Å². The molecule has 0 fully saturated rings. The number of fused-ring (bicyclic) bond motifs is 1. The molecule has 0 unspecified atom stereocenters. The summed E-state index contributed by atoms with van der Waals surface area (Å²) in [6, 6.07) is 5.89. The first-order valence-electron chi connectivity index (χ1n) is 8.62. The minimum Gasteiger partial charge on any atom is -0.309 e. The lowest BCUT2D eigenvalue weighted by molar-refractivity contribution is -0.113. The summed E-state index contributed by atoms with van der Waals surface area (Å²) in [4.78, 5) is 21.1. The van der Waals surface area contributed by atoms with Crippen LogP contribution in [0.5, 0.6) is 0 Å². The van der Waals surface area contributed by atoms with Gasteiger partial charge in [0.2, 0.25) is 5.91 Å². The summed E-state index contributed by atoms with van der Waals surface area (Å²) < 4.78 is 29.8. The molecule has 0 spiro atoms. The number of amides is 1. The van der Waals surface area contributed by atoms with E-state index in [2.05, 4.69) is 20.4 Å². The molecule has 1 atom stereocenters. The van der Waals surface area contributed by atoms with Gasteiger partial charge in [0.05, 0.1) is 16.7 Å². The van der Waals surface area contributed by atoms with Crippen molar-refractivity contribution in [3.05, 3.63) is 64.1 Å². The second-order valence-corrected chi connectivity index (χ2v) is 7.69. The van der Waals surface area contributed by atoms with Crippen LogP contribution in [0.25, 0.3) is 5.95 Å². The summed E-state index contributed by atoms with van der Waals surface area (Å²) in [5, 5.41) is 6.73.